The van der Waals surface area contributed by atoms with Crippen LogP contribution in [0.1, 0.15) is 30.2 Å². The largest absolute Gasteiger partial charge is 0.375 e. The van der Waals surface area contributed by atoms with Gasteiger partial charge in [-0.05, 0) is 41.3 Å². The van der Waals surface area contributed by atoms with Gasteiger partial charge in [-0.15, -0.1) is 0 Å². The number of allylic oxidation sites excluding steroid dienone is 1. The van der Waals surface area contributed by atoms with Crippen molar-refractivity contribution in [1.82, 2.24) is 4.57 Å². The predicted octanol–water partition coefficient (Wildman–Crippen LogP) is 3.96. The summed E-state index contributed by atoms with van der Waals surface area (Å²) in [5.41, 5.74) is 3.74. The summed E-state index contributed by atoms with van der Waals surface area (Å²) in [6.45, 7) is 1.78. The summed E-state index contributed by atoms with van der Waals surface area (Å²) in [6.07, 6.45) is 6.95. The third-order valence-electron chi connectivity index (χ3n) is 3.71. The predicted molar refractivity (Wildman–Crippen MR) is 84.9 cm³/mol. The second kappa shape index (κ2) is 7.18. The van der Waals surface area contributed by atoms with Crippen LogP contribution in [0.2, 0.25) is 0 Å². The number of rotatable bonds is 5. The Bertz CT molecular complexity index is 522. The molecule has 0 radical (unpaired) electrons. The van der Waals surface area contributed by atoms with E-state index in [9.17, 15) is 4.39 Å². The highest BCUT2D eigenvalue weighted by Gasteiger charge is 2.26. The van der Waals surface area contributed by atoms with Gasteiger partial charge in [0.15, 0.2) is 0 Å². The molecule has 3 nitrogen and oxygen atoms in total. The van der Waals surface area contributed by atoms with Crippen molar-refractivity contribution in [2.24, 2.45) is 12.0 Å². The molecule has 110 valence electrons. The van der Waals surface area contributed by atoms with Crippen molar-refractivity contribution >= 4 is 32.9 Å². The highest BCUT2D eigenvalue weighted by molar-refractivity contribution is 9.17. The number of halogens is 2. The van der Waals surface area contributed by atoms with Crippen LogP contribution in [0.25, 0.3) is 6.08 Å². The quantitative estimate of drug-likeness (QED) is 0.744. The van der Waals surface area contributed by atoms with Gasteiger partial charge < -0.3 is 9.30 Å². The Morgan fingerprint density at radius 3 is 3.00 bits per heavy atom. The summed E-state index contributed by atoms with van der Waals surface area (Å²) in [5.74, 6) is 0.955. The lowest BCUT2D eigenvalue weighted by Crippen LogP contribution is -2.24. The Kier molecular flexibility index (Phi) is 5.54. The van der Waals surface area contributed by atoms with Gasteiger partial charge in [0.25, 0.3) is 0 Å². The van der Waals surface area contributed by atoms with E-state index in [1.807, 2.05) is 20.0 Å². The van der Waals surface area contributed by atoms with E-state index in [0.717, 1.165) is 30.6 Å². The van der Waals surface area contributed by atoms with E-state index in [1.54, 1.807) is 5.12 Å². The molecule has 0 N–H and O–H groups in total. The Morgan fingerprint density at radius 1 is 1.55 bits per heavy atom. The van der Waals surface area contributed by atoms with E-state index < -0.39 is 6.67 Å². The van der Waals surface area contributed by atoms with E-state index >= 15 is 0 Å². The molecule has 2 rings (SSSR count). The highest BCUT2D eigenvalue weighted by atomic mass is 79.9. The van der Waals surface area contributed by atoms with Gasteiger partial charge in [-0.25, -0.2) is 9.38 Å². The van der Waals surface area contributed by atoms with Crippen LogP contribution >= 0.6 is 15.9 Å². The average molecular weight is 343 g/mol. The molecule has 0 fully saturated rings. The number of nitrogens with zero attached hydrogens (tertiary/aromatic N) is 2. The lowest BCUT2D eigenvalue weighted by atomic mass is 9.92. The van der Waals surface area contributed by atoms with Gasteiger partial charge in [0.2, 0.25) is 0 Å². The first-order valence-corrected chi connectivity index (χ1v) is 7.77. The molecule has 1 aliphatic carbocycles. The standard InChI is InChI=1S/C15H20BrFN2O/c1-3-4-12-13-9-11(20-8-7-17)5-6-14(13)19(2)15(12)18-10-16/h3-4,10-11H,5-9H2,1-2H3/b4-3-,18-10+. The van der Waals surface area contributed by atoms with E-state index in [1.165, 1.54) is 11.3 Å². The summed E-state index contributed by atoms with van der Waals surface area (Å²) in [4.78, 5) is 4.42. The third kappa shape index (κ3) is 3.04. The van der Waals surface area contributed by atoms with Gasteiger partial charge in [-0.3, -0.25) is 0 Å². The SMILES string of the molecule is C/C=C\c1c2c(n(C)c1/N=C/Br)CCC(OCCF)C2. The molecule has 1 aromatic heterocycles. The second-order valence-electron chi connectivity index (χ2n) is 4.87. The van der Waals surface area contributed by atoms with Crippen LogP contribution in [0.3, 0.4) is 0 Å². The molecule has 0 spiro atoms. The first-order valence-electron chi connectivity index (χ1n) is 6.86. The van der Waals surface area contributed by atoms with Gasteiger partial charge in [0, 0.05) is 24.7 Å². The van der Waals surface area contributed by atoms with E-state index in [4.69, 9.17) is 4.74 Å². The lowest BCUT2D eigenvalue weighted by Gasteiger charge is -2.23. The van der Waals surface area contributed by atoms with Crippen LogP contribution in [-0.4, -0.2) is 29.1 Å². The average Bonchev–Trinajstić information content (AvgIpc) is 2.71. The van der Waals surface area contributed by atoms with Crippen LogP contribution < -0.4 is 0 Å². The first kappa shape index (κ1) is 15.4. The minimum Gasteiger partial charge on any atom is -0.375 e. The van der Waals surface area contributed by atoms with Crippen LogP contribution in [0.4, 0.5) is 10.2 Å². The zero-order chi connectivity index (χ0) is 14.5. The van der Waals surface area contributed by atoms with Crippen molar-refractivity contribution < 1.29 is 9.13 Å². The van der Waals surface area contributed by atoms with Gasteiger partial charge in [-0.2, -0.15) is 0 Å². The second-order valence-corrected chi connectivity index (χ2v) is 5.28. The molecule has 5 heteroatoms. The molecule has 1 unspecified atom stereocenters. The van der Waals surface area contributed by atoms with Crippen molar-refractivity contribution in [2.75, 3.05) is 13.3 Å². The minimum absolute atomic E-state index is 0.116. The molecule has 0 amide bonds. The fourth-order valence-corrected chi connectivity index (χ4v) is 3.07. The molecule has 0 saturated heterocycles. The summed E-state index contributed by atoms with van der Waals surface area (Å²) in [5, 5.41) is 1.64. The smallest absolute Gasteiger partial charge is 0.140 e. The van der Waals surface area contributed by atoms with Gasteiger partial charge in [0.05, 0.1) is 17.8 Å². The van der Waals surface area contributed by atoms with Gasteiger partial charge >= 0.3 is 0 Å². The van der Waals surface area contributed by atoms with Crippen molar-refractivity contribution in [1.29, 1.82) is 0 Å². The van der Waals surface area contributed by atoms with Crippen LogP contribution in [0.5, 0.6) is 0 Å². The molecule has 0 bridgehead atoms. The number of ether oxygens (including phenoxy) is 1. The summed E-state index contributed by atoms with van der Waals surface area (Å²) < 4.78 is 20.0. The minimum atomic E-state index is -0.418. The number of hydrogen-bond acceptors (Lipinski definition) is 2. The van der Waals surface area contributed by atoms with E-state index in [0.29, 0.717) is 0 Å². The number of alkyl halides is 1. The number of aliphatic imine (C=N–C) groups is 1. The summed E-state index contributed by atoms with van der Waals surface area (Å²) in [7, 11) is 2.05. The molecule has 0 saturated carbocycles. The van der Waals surface area contributed by atoms with Crippen molar-refractivity contribution in [3.63, 3.8) is 0 Å². The Balaban J connectivity index is 2.36. The molecular formula is C15H20BrFN2O. The maximum atomic E-state index is 12.2. The number of aromatic nitrogens is 1. The highest BCUT2D eigenvalue weighted by Crippen LogP contribution is 2.36. The van der Waals surface area contributed by atoms with Crippen molar-refractivity contribution in [3.05, 3.63) is 22.9 Å². The normalized spacial score (nSPS) is 19.1. The zero-order valence-corrected chi connectivity index (χ0v) is 13.5. The molecule has 0 aliphatic heterocycles. The molecule has 1 aliphatic rings. The van der Waals surface area contributed by atoms with Crippen LogP contribution in [0, 0.1) is 0 Å². The van der Waals surface area contributed by atoms with Crippen molar-refractivity contribution in [3.8, 4) is 0 Å². The summed E-state index contributed by atoms with van der Waals surface area (Å²) in [6, 6.07) is 0. The molecular weight excluding hydrogens is 323 g/mol. The fourth-order valence-electron chi connectivity index (χ4n) is 2.87. The Labute approximate surface area is 127 Å². The molecule has 1 aromatic rings. The molecule has 0 aromatic carbocycles. The Hall–Kier alpha value is -0.940. The lowest BCUT2D eigenvalue weighted by molar-refractivity contribution is 0.0356. The number of hydrogen-bond donors (Lipinski definition) is 0. The van der Waals surface area contributed by atoms with Crippen LogP contribution in [0.15, 0.2) is 11.1 Å². The monoisotopic (exact) mass is 342 g/mol. The van der Waals surface area contributed by atoms with E-state index in [-0.39, 0.29) is 12.7 Å². The van der Waals surface area contributed by atoms with E-state index in [2.05, 4.69) is 31.6 Å². The topological polar surface area (TPSA) is 26.5 Å². The maximum Gasteiger partial charge on any atom is 0.140 e. The zero-order valence-electron chi connectivity index (χ0n) is 11.9. The Morgan fingerprint density at radius 2 is 2.35 bits per heavy atom. The van der Waals surface area contributed by atoms with Gasteiger partial charge in [0.1, 0.15) is 12.5 Å². The molecule has 1 atom stereocenters. The van der Waals surface area contributed by atoms with Crippen molar-refractivity contribution in [2.45, 2.75) is 32.3 Å². The summed E-state index contributed by atoms with van der Waals surface area (Å²) >= 11 is 3.25. The third-order valence-corrected chi connectivity index (χ3v) is 3.91. The first-order chi connectivity index (χ1) is 9.72. The van der Waals surface area contributed by atoms with Crippen LogP contribution in [-0.2, 0) is 24.6 Å². The van der Waals surface area contributed by atoms with Gasteiger partial charge in [-0.1, -0.05) is 12.2 Å². The molecule has 20 heavy (non-hydrogen) atoms. The maximum absolute atomic E-state index is 12.2. The number of fused-ring (bicyclic) bond motifs is 1. The fraction of sp³-hybridized carbons (Fsp3) is 0.533. The molecule has 1 heterocycles.